The van der Waals surface area contributed by atoms with Gasteiger partial charge in [-0.2, -0.15) is 0 Å². The van der Waals surface area contributed by atoms with E-state index < -0.39 is 0 Å². The van der Waals surface area contributed by atoms with Crippen molar-refractivity contribution >= 4 is 11.7 Å². The molecule has 0 aliphatic carbocycles. The molecular formula is C16H20N2O3. The molecule has 2 bridgehead atoms. The van der Waals surface area contributed by atoms with Crippen molar-refractivity contribution in [3.63, 3.8) is 0 Å². The molecule has 1 amide bonds. The zero-order valence-electron chi connectivity index (χ0n) is 12.2. The quantitative estimate of drug-likeness (QED) is 0.838. The van der Waals surface area contributed by atoms with Gasteiger partial charge in [-0.05, 0) is 25.3 Å². The van der Waals surface area contributed by atoms with Crippen LogP contribution < -0.4 is 5.56 Å². The number of Topliss-reactive ketones (excluding diaryl/α,β-unsaturated/α-hetero) is 1. The number of ketones is 1. The molecule has 2 atom stereocenters. The number of hydrogen-bond acceptors (Lipinski definition) is 3. The first-order valence-electron chi connectivity index (χ1n) is 7.51. The molecule has 3 rings (SSSR count). The highest BCUT2D eigenvalue weighted by atomic mass is 16.2. The summed E-state index contributed by atoms with van der Waals surface area (Å²) in [6, 6.07) is 5.39. The van der Waals surface area contributed by atoms with Gasteiger partial charge in [-0.1, -0.05) is 6.07 Å². The van der Waals surface area contributed by atoms with Gasteiger partial charge in [0.2, 0.25) is 5.91 Å². The molecule has 0 unspecified atom stereocenters. The average molecular weight is 288 g/mol. The lowest BCUT2D eigenvalue weighted by Crippen LogP contribution is -2.49. The number of amides is 1. The molecule has 0 spiro atoms. The molecule has 3 heterocycles. The van der Waals surface area contributed by atoms with Crippen LogP contribution in [0.1, 0.15) is 37.8 Å². The third-order valence-corrected chi connectivity index (χ3v) is 4.52. The van der Waals surface area contributed by atoms with Gasteiger partial charge in [0.1, 0.15) is 5.78 Å². The molecule has 1 aromatic rings. The molecule has 2 aliphatic rings. The number of pyridine rings is 1. The van der Waals surface area contributed by atoms with E-state index in [1.165, 1.54) is 6.92 Å². The number of fused-ring (bicyclic) bond motifs is 4. The van der Waals surface area contributed by atoms with Crippen molar-refractivity contribution in [1.29, 1.82) is 0 Å². The Labute approximate surface area is 123 Å². The Hall–Kier alpha value is -1.91. The zero-order chi connectivity index (χ0) is 15.0. The first kappa shape index (κ1) is 14.0. The highest BCUT2D eigenvalue weighted by Crippen LogP contribution is 2.35. The first-order chi connectivity index (χ1) is 10.0. The number of nitrogens with zero attached hydrogens (tertiary/aromatic N) is 2. The van der Waals surface area contributed by atoms with E-state index >= 15 is 0 Å². The van der Waals surface area contributed by atoms with Crippen molar-refractivity contribution < 1.29 is 9.59 Å². The molecule has 5 nitrogen and oxygen atoms in total. The van der Waals surface area contributed by atoms with Gasteiger partial charge in [-0.15, -0.1) is 0 Å². The van der Waals surface area contributed by atoms with E-state index in [0.29, 0.717) is 38.4 Å². The molecule has 5 heteroatoms. The largest absolute Gasteiger partial charge is 0.342 e. The lowest BCUT2D eigenvalue weighted by molar-refractivity contribution is -0.135. The molecule has 21 heavy (non-hydrogen) atoms. The molecule has 2 aliphatic heterocycles. The summed E-state index contributed by atoms with van der Waals surface area (Å²) in [6.45, 7) is 3.58. The minimum atomic E-state index is 0.0532. The van der Waals surface area contributed by atoms with Crippen molar-refractivity contribution in [2.75, 3.05) is 13.1 Å². The second kappa shape index (κ2) is 5.47. The fraction of sp³-hybridized carbons (Fsp3) is 0.562. The summed E-state index contributed by atoms with van der Waals surface area (Å²) in [7, 11) is 0. The maximum absolute atomic E-state index is 12.2. The van der Waals surface area contributed by atoms with Crippen molar-refractivity contribution in [3.05, 3.63) is 34.2 Å². The van der Waals surface area contributed by atoms with Crippen LogP contribution in [0.15, 0.2) is 23.0 Å². The molecule has 0 N–H and O–H groups in total. The zero-order valence-corrected chi connectivity index (χ0v) is 12.2. The van der Waals surface area contributed by atoms with Gasteiger partial charge in [0.25, 0.3) is 5.56 Å². The fourth-order valence-electron chi connectivity index (χ4n) is 3.54. The number of carbonyl (C=O) groups is 2. The van der Waals surface area contributed by atoms with E-state index in [0.717, 1.165) is 12.1 Å². The minimum absolute atomic E-state index is 0.0532. The number of carbonyl (C=O) groups excluding carboxylic acids is 2. The first-order valence-corrected chi connectivity index (χ1v) is 7.51. The van der Waals surface area contributed by atoms with E-state index in [9.17, 15) is 14.4 Å². The molecule has 0 aromatic carbocycles. The Morgan fingerprint density at radius 2 is 2.00 bits per heavy atom. The number of piperidine rings is 1. The summed E-state index contributed by atoms with van der Waals surface area (Å²) in [5.41, 5.74) is 1.10. The van der Waals surface area contributed by atoms with Crippen LogP contribution in [-0.2, 0) is 16.1 Å². The van der Waals surface area contributed by atoms with Crippen LogP contribution in [0.25, 0.3) is 0 Å². The Bertz CT molecular complexity index is 635. The highest BCUT2D eigenvalue weighted by molar-refractivity contribution is 5.83. The number of rotatable bonds is 3. The van der Waals surface area contributed by atoms with Crippen molar-refractivity contribution in [3.8, 4) is 0 Å². The topological polar surface area (TPSA) is 59.4 Å². The van der Waals surface area contributed by atoms with Crippen LogP contribution in [0, 0.1) is 5.92 Å². The Morgan fingerprint density at radius 1 is 1.19 bits per heavy atom. The number of likely N-dealkylation sites (tertiary alicyclic amines) is 1. The van der Waals surface area contributed by atoms with E-state index in [-0.39, 0.29) is 23.2 Å². The monoisotopic (exact) mass is 288 g/mol. The molecule has 112 valence electrons. The molecule has 0 saturated carbocycles. The molecule has 1 fully saturated rings. The lowest BCUT2D eigenvalue weighted by Gasteiger charge is -2.42. The van der Waals surface area contributed by atoms with Crippen molar-refractivity contribution in [1.82, 2.24) is 9.47 Å². The van der Waals surface area contributed by atoms with E-state index in [1.807, 2.05) is 15.5 Å². The van der Waals surface area contributed by atoms with Gasteiger partial charge >= 0.3 is 0 Å². The fourth-order valence-corrected chi connectivity index (χ4v) is 3.54. The average Bonchev–Trinajstić information content (AvgIpc) is 2.45. The van der Waals surface area contributed by atoms with Gasteiger partial charge < -0.3 is 14.3 Å². The Kier molecular flexibility index (Phi) is 3.66. The highest BCUT2D eigenvalue weighted by Gasteiger charge is 2.35. The van der Waals surface area contributed by atoms with Gasteiger partial charge in [0, 0.05) is 50.2 Å². The van der Waals surface area contributed by atoms with Crippen LogP contribution in [0.3, 0.4) is 0 Å². The summed E-state index contributed by atoms with van der Waals surface area (Å²) >= 11 is 0. The van der Waals surface area contributed by atoms with Gasteiger partial charge in [-0.25, -0.2) is 0 Å². The predicted molar refractivity (Wildman–Crippen MR) is 78.0 cm³/mol. The third kappa shape index (κ3) is 2.77. The maximum Gasteiger partial charge on any atom is 0.250 e. The third-order valence-electron chi connectivity index (χ3n) is 4.52. The van der Waals surface area contributed by atoms with Crippen molar-refractivity contribution in [2.45, 2.75) is 38.6 Å². The summed E-state index contributed by atoms with van der Waals surface area (Å²) in [5, 5.41) is 0. The number of aromatic nitrogens is 1. The maximum atomic E-state index is 12.2. The normalized spacial score (nSPS) is 23.6. The van der Waals surface area contributed by atoms with Crippen LogP contribution in [0.4, 0.5) is 0 Å². The second-order valence-corrected chi connectivity index (χ2v) is 6.20. The van der Waals surface area contributed by atoms with Gasteiger partial charge in [0.05, 0.1) is 0 Å². The second-order valence-electron chi connectivity index (χ2n) is 6.20. The van der Waals surface area contributed by atoms with Crippen molar-refractivity contribution in [2.24, 2.45) is 5.92 Å². The molecule has 1 saturated heterocycles. The van der Waals surface area contributed by atoms with Crippen LogP contribution in [0.5, 0.6) is 0 Å². The lowest BCUT2D eigenvalue weighted by atomic mass is 9.83. The Morgan fingerprint density at radius 3 is 2.76 bits per heavy atom. The molecule has 1 aromatic heterocycles. The van der Waals surface area contributed by atoms with E-state index in [4.69, 9.17) is 0 Å². The van der Waals surface area contributed by atoms with Crippen LogP contribution in [-0.4, -0.2) is 34.2 Å². The smallest absolute Gasteiger partial charge is 0.250 e. The number of hydrogen-bond donors (Lipinski definition) is 0. The van der Waals surface area contributed by atoms with E-state index in [1.54, 1.807) is 12.1 Å². The SMILES string of the molecule is CC(=O)CCC(=O)N1C[C@@H]2C[C@@H](C1)c1cccc(=O)n1C2. The summed E-state index contributed by atoms with van der Waals surface area (Å²) in [6.07, 6.45) is 1.66. The van der Waals surface area contributed by atoms with Crippen LogP contribution in [0.2, 0.25) is 0 Å². The Balaban J connectivity index is 1.77. The molecular weight excluding hydrogens is 268 g/mol. The molecule has 0 radical (unpaired) electrons. The standard InChI is InChI=1S/C16H20N2O3/c1-11(19)5-6-15(20)17-8-12-7-13(10-17)14-3-2-4-16(21)18(14)9-12/h2-4,12-13H,5-10H2,1H3/t12-,13-/m0/s1. The summed E-state index contributed by atoms with van der Waals surface area (Å²) < 4.78 is 1.86. The minimum Gasteiger partial charge on any atom is -0.342 e. The van der Waals surface area contributed by atoms with Gasteiger partial charge in [0.15, 0.2) is 0 Å². The predicted octanol–water partition coefficient (Wildman–Crippen LogP) is 1.16. The van der Waals surface area contributed by atoms with Gasteiger partial charge in [-0.3, -0.25) is 9.59 Å². The summed E-state index contributed by atoms with van der Waals surface area (Å²) in [4.78, 5) is 37.0. The van der Waals surface area contributed by atoms with E-state index in [2.05, 4.69) is 0 Å². The van der Waals surface area contributed by atoms with Crippen LogP contribution >= 0.6 is 0 Å². The summed E-state index contributed by atoms with van der Waals surface area (Å²) in [5.74, 6) is 0.703.